The summed E-state index contributed by atoms with van der Waals surface area (Å²) in [5.41, 5.74) is 0. The van der Waals surface area contributed by atoms with E-state index in [1.165, 1.54) is 16.8 Å². The van der Waals surface area contributed by atoms with E-state index in [0.717, 1.165) is 0 Å². The molecule has 7 nitrogen and oxygen atoms in total. The Morgan fingerprint density at radius 2 is 2.33 bits per heavy atom. The lowest BCUT2D eigenvalue weighted by Crippen LogP contribution is -2.30. The zero-order chi connectivity index (χ0) is 13.3. The molecule has 0 spiro atoms. The largest absolute Gasteiger partial charge is 0.481 e. The molecule has 1 aromatic heterocycles. The molecule has 2 heterocycles. The fraction of sp³-hybridized carbons (Fsp3) is 0.600. The van der Waals surface area contributed by atoms with Crippen molar-refractivity contribution in [3.63, 3.8) is 0 Å². The summed E-state index contributed by atoms with van der Waals surface area (Å²) in [5.74, 6) is -1.57. The summed E-state index contributed by atoms with van der Waals surface area (Å²) in [7, 11) is -3.66. The Bertz CT molecular complexity index is 551. The number of rotatable bonds is 4. The van der Waals surface area contributed by atoms with E-state index in [4.69, 9.17) is 5.11 Å². The van der Waals surface area contributed by atoms with Gasteiger partial charge in [-0.15, -0.1) is 0 Å². The number of nitrogens with zero attached hydrogens (tertiary/aromatic N) is 3. The summed E-state index contributed by atoms with van der Waals surface area (Å²) < 4.78 is 27.2. The first kappa shape index (κ1) is 13.0. The Hall–Kier alpha value is -1.41. The van der Waals surface area contributed by atoms with Crippen molar-refractivity contribution in [2.45, 2.75) is 24.9 Å². The summed E-state index contributed by atoms with van der Waals surface area (Å²) in [6.45, 7) is 2.78. The van der Waals surface area contributed by atoms with Crippen LogP contribution in [0.4, 0.5) is 0 Å². The van der Waals surface area contributed by atoms with Gasteiger partial charge in [-0.1, -0.05) is 0 Å². The zero-order valence-electron chi connectivity index (χ0n) is 9.98. The molecule has 1 fully saturated rings. The van der Waals surface area contributed by atoms with Crippen molar-refractivity contribution < 1.29 is 18.3 Å². The van der Waals surface area contributed by atoms with Gasteiger partial charge in [-0.3, -0.25) is 4.79 Å². The van der Waals surface area contributed by atoms with Crippen LogP contribution in [-0.2, 0) is 21.4 Å². The minimum absolute atomic E-state index is 0.0182. The lowest BCUT2D eigenvalue weighted by Gasteiger charge is -2.13. The number of aromatic nitrogens is 2. The fourth-order valence-electron chi connectivity index (χ4n) is 1.93. The van der Waals surface area contributed by atoms with Crippen LogP contribution in [0.2, 0.25) is 0 Å². The monoisotopic (exact) mass is 273 g/mol. The molecule has 1 N–H and O–H groups in total. The van der Waals surface area contributed by atoms with Gasteiger partial charge in [0.25, 0.3) is 10.0 Å². The standard InChI is InChI=1S/C10H15N3O4S/c1-2-12-6-9(11-7-12)18(16,17)13-4-3-8(5-13)10(14)15/h6-8H,2-5H2,1H3,(H,14,15). The SMILES string of the molecule is CCn1cnc(S(=O)(=O)N2CCC(C(=O)O)C2)c1. The van der Waals surface area contributed by atoms with Crippen LogP contribution < -0.4 is 0 Å². The molecular formula is C10H15N3O4S. The molecule has 0 saturated carbocycles. The first-order chi connectivity index (χ1) is 8.45. The number of carboxylic acids is 1. The molecule has 1 aliphatic rings. The molecule has 8 heteroatoms. The second-order valence-corrected chi connectivity index (χ2v) is 6.11. The molecule has 1 unspecified atom stereocenters. The minimum Gasteiger partial charge on any atom is -0.481 e. The van der Waals surface area contributed by atoms with Gasteiger partial charge < -0.3 is 9.67 Å². The Morgan fingerprint density at radius 3 is 2.83 bits per heavy atom. The normalized spacial score (nSPS) is 21.3. The first-order valence-corrected chi connectivity index (χ1v) is 7.14. The average molecular weight is 273 g/mol. The third kappa shape index (κ3) is 2.25. The van der Waals surface area contributed by atoms with Gasteiger partial charge in [-0.05, 0) is 13.3 Å². The second kappa shape index (κ2) is 4.69. The fourth-order valence-corrected chi connectivity index (χ4v) is 3.36. The zero-order valence-corrected chi connectivity index (χ0v) is 10.8. The molecule has 0 aromatic carbocycles. The lowest BCUT2D eigenvalue weighted by molar-refractivity contribution is -0.141. The van der Waals surface area contributed by atoms with Crippen LogP contribution in [0.25, 0.3) is 0 Å². The van der Waals surface area contributed by atoms with E-state index in [9.17, 15) is 13.2 Å². The summed E-state index contributed by atoms with van der Waals surface area (Å²) in [6.07, 6.45) is 3.27. The van der Waals surface area contributed by atoms with E-state index in [-0.39, 0.29) is 18.1 Å². The van der Waals surface area contributed by atoms with Crippen molar-refractivity contribution in [2.75, 3.05) is 13.1 Å². The maximum Gasteiger partial charge on any atom is 0.307 e. The van der Waals surface area contributed by atoms with Crippen molar-refractivity contribution in [3.8, 4) is 0 Å². The van der Waals surface area contributed by atoms with Gasteiger partial charge >= 0.3 is 5.97 Å². The Balaban J connectivity index is 2.20. The van der Waals surface area contributed by atoms with Gasteiger partial charge in [0.05, 0.1) is 12.2 Å². The van der Waals surface area contributed by atoms with Crippen LogP contribution in [0.5, 0.6) is 0 Å². The van der Waals surface area contributed by atoms with E-state index in [1.54, 1.807) is 4.57 Å². The van der Waals surface area contributed by atoms with E-state index in [2.05, 4.69) is 4.98 Å². The third-order valence-corrected chi connectivity index (χ3v) is 4.83. The average Bonchev–Trinajstić information content (AvgIpc) is 2.98. The molecule has 0 radical (unpaired) electrons. The van der Waals surface area contributed by atoms with Crippen LogP contribution in [-0.4, -0.2) is 46.4 Å². The smallest absolute Gasteiger partial charge is 0.307 e. The number of carboxylic acid groups (broad SMARTS) is 1. The molecule has 18 heavy (non-hydrogen) atoms. The molecule has 1 saturated heterocycles. The van der Waals surface area contributed by atoms with Crippen LogP contribution in [0.15, 0.2) is 17.6 Å². The van der Waals surface area contributed by atoms with Crippen molar-refractivity contribution in [1.29, 1.82) is 0 Å². The number of aryl methyl sites for hydroxylation is 1. The van der Waals surface area contributed by atoms with Crippen molar-refractivity contribution in [3.05, 3.63) is 12.5 Å². The molecule has 1 aliphatic heterocycles. The molecular weight excluding hydrogens is 258 g/mol. The molecule has 2 rings (SSSR count). The second-order valence-electron chi connectivity index (χ2n) is 4.23. The molecule has 0 bridgehead atoms. The molecule has 0 amide bonds. The summed E-state index contributed by atoms with van der Waals surface area (Å²) in [6, 6.07) is 0. The van der Waals surface area contributed by atoms with Gasteiger partial charge in [-0.25, -0.2) is 13.4 Å². The van der Waals surface area contributed by atoms with E-state index in [1.807, 2.05) is 6.92 Å². The highest BCUT2D eigenvalue weighted by molar-refractivity contribution is 7.89. The number of hydrogen-bond donors (Lipinski definition) is 1. The van der Waals surface area contributed by atoms with Gasteiger partial charge in [0, 0.05) is 25.8 Å². The van der Waals surface area contributed by atoms with Crippen LogP contribution in [0.3, 0.4) is 0 Å². The first-order valence-electron chi connectivity index (χ1n) is 5.70. The summed E-state index contributed by atoms with van der Waals surface area (Å²) >= 11 is 0. The Kier molecular flexibility index (Phi) is 3.40. The van der Waals surface area contributed by atoms with Crippen molar-refractivity contribution in [1.82, 2.24) is 13.9 Å². The lowest BCUT2D eigenvalue weighted by atomic mass is 10.1. The van der Waals surface area contributed by atoms with E-state index < -0.39 is 21.9 Å². The van der Waals surface area contributed by atoms with Crippen molar-refractivity contribution in [2.24, 2.45) is 5.92 Å². The highest BCUT2D eigenvalue weighted by atomic mass is 32.2. The molecule has 1 atom stereocenters. The quantitative estimate of drug-likeness (QED) is 0.833. The summed E-state index contributed by atoms with van der Waals surface area (Å²) in [4.78, 5) is 14.7. The van der Waals surface area contributed by atoms with Gasteiger partial charge in [0.1, 0.15) is 0 Å². The van der Waals surface area contributed by atoms with Gasteiger partial charge in [0.15, 0.2) is 5.03 Å². The predicted molar refractivity (Wildman–Crippen MR) is 62.4 cm³/mol. The van der Waals surface area contributed by atoms with Crippen LogP contribution >= 0.6 is 0 Å². The molecule has 0 aliphatic carbocycles. The minimum atomic E-state index is -3.66. The van der Waals surface area contributed by atoms with Gasteiger partial charge in [-0.2, -0.15) is 4.31 Å². The van der Waals surface area contributed by atoms with E-state index >= 15 is 0 Å². The number of sulfonamides is 1. The Labute approximate surface area is 105 Å². The molecule has 100 valence electrons. The maximum absolute atomic E-state index is 12.2. The number of hydrogen-bond acceptors (Lipinski definition) is 4. The predicted octanol–water partition coefficient (Wildman–Crippen LogP) is -0.00180. The van der Waals surface area contributed by atoms with Crippen molar-refractivity contribution >= 4 is 16.0 Å². The topological polar surface area (TPSA) is 92.5 Å². The number of carbonyl (C=O) groups is 1. The summed E-state index contributed by atoms with van der Waals surface area (Å²) in [5, 5.41) is 8.85. The molecule has 1 aromatic rings. The highest BCUT2D eigenvalue weighted by Gasteiger charge is 2.36. The number of aliphatic carboxylic acids is 1. The highest BCUT2D eigenvalue weighted by Crippen LogP contribution is 2.23. The van der Waals surface area contributed by atoms with Gasteiger partial charge in [0.2, 0.25) is 0 Å². The Morgan fingerprint density at radius 1 is 1.61 bits per heavy atom. The van der Waals surface area contributed by atoms with E-state index in [0.29, 0.717) is 13.0 Å². The van der Waals surface area contributed by atoms with Crippen LogP contribution in [0.1, 0.15) is 13.3 Å². The third-order valence-electron chi connectivity index (χ3n) is 3.08. The van der Waals surface area contributed by atoms with Crippen LogP contribution in [0, 0.1) is 5.92 Å². The number of imidazole rings is 1. The maximum atomic E-state index is 12.2.